The maximum Gasteiger partial charge on any atom is 0.346 e. The third-order valence-corrected chi connectivity index (χ3v) is 2.07. The molecule has 0 heterocycles. The van der Waals surface area contributed by atoms with Gasteiger partial charge < -0.3 is 9.47 Å². The second-order valence-electron chi connectivity index (χ2n) is 3.32. The Morgan fingerprint density at radius 2 is 2.11 bits per heavy atom. The molecule has 6 nitrogen and oxygen atoms in total. The van der Waals surface area contributed by atoms with Crippen molar-refractivity contribution in [3.63, 3.8) is 0 Å². The molecule has 1 rings (SSSR count). The SMILES string of the molecule is COC(=O)[C@H](C)OC(=O)c1cccc(N=C=O)c1. The van der Waals surface area contributed by atoms with Crippen LogP contribution in [0.3, 0.4) is 0 Å². The van der Waals surface area contributed by atoms with Gasteiger partial charge in [-0.05, 0) is 25.1 Å². The summed E-state index contributed by atoms with van der Waals surface area (Å²) < 4.78 is 9.29. The summed E-state index contributed by atoms with van der Waals surface area (Å²) in [7, 11) is 1.20. The fourth-order valence-electron chi connectivity index (χ4n) is 1.20. The third-order valence-electron chi connectivity index (χ3n) is 2.07. The number of isocyanates is 1. The van der Waals surface area contributed by atoms with Crippen molar-refractivity contribution in [1.29, 1.82) is 0 Å². The number of aliphatic imine (C=N–C) groups is 1. The van der Waals surface area contributed by atoms with Gasteiger partial charge in [-0.3, -0.25) is 0 Å². The van der Waals surface area contributed by atoms with Gasteiger partial charge in [0.25, 0.3) is 0 Å². The van der Waals surface area contributed by atoms with Crippen LogP contribution in [-0.4, -0.2) is 31.2 Å². The molecule has 0 radical (unpaired) electrons. The Morgan fingerprint density at radius 3 is 2.72 bits per heavy atom. The van der Waals surface area contributed by atoms with Crippen LogP contribution >= 0.6 is 0 Å². The largest absolute Gasteiger partial charge is 0.466 e. The van der Waals surface area contributed by atoms with E-state index >= 15 is 0 Å². The van der Waals surface area contributed by atoms with Crippen LogP contribution in [0.1, 0.15) is 17.3 Å². The van der Waals surface area contributed by atoms with E-state index in [1.807, 2.05) is 0 Å². The van der Waals surface area contributed by atoms with E-state index < -0.39 is 18.0 Å². The van der Waals surface area contributed by atoms with E-state index in [2.05, 4.69) is 9.73 Å². The van der Waals surface area contributed by atoms with Gasteiger partial charge in [-0.2, -0.15) is 4.99 Å². The van der Waals surface area contributed by atoms with Crippen molar-refractivity contribution in [1.82, 2.24) is 0 Å². The predicted molar refractivity (Wildman–Crippen MR) is 61.1 cm³/mol. The van der Waals surface area contributed by atoms with E-state index in [0.717, 1.165) is 0 Å². The lowest BCUT2D eigenvalue weighted by molar-refractivity contribution is -0.149. The van der Waals surface area contributed by atoms with Crippen molar-refractivity contribution in [3.8, 4) is 0 Å². The first-order valence-corrected chi connectivity index (χ1v) is 5.05. The molecule has 0 aliphatic carbocycles. The smallest absolute Gasteiger partial charge is 0.346 e. The third kappa shape index (κ3) is 3.54. The van der Waals surface area contributed by atoms with Crippen LogP contribution in [0.4, 0.5) is 5.69 Å². The Kier molecular flexibility index (Phi) is 4.78. The molecule has 0 aliphatic rings. The molecular formula is C12H11NO5. The van der Waals surface area contributed by atoms with Gasteiger partial charge in [-0.1, -0.05) is 6.07 Å². The molecule has 0 spiro atoms. The number of carbonyl (C=O) groups is 2. The normalized spacial score (nSPS) is 11.0. The standard InChI is InChI=1S/C12H11NO5/c1-8(11(15)17-2)18-12(16)9-4-3-5-10(6-9)13-7-14/h3-6,8H,1-2H3/t8-/m0/s1. The molecule has 0 saturated heterocycles. The lowest BCUT2D eigenvalue weighted by Gasteiger charge is -2.10. The molecule has 0 unspecified atom stereocenters. The van der Waals surface area contributed by atoms with Crippen molar-refractivity contribution in [2.24, 2.45) is 4.99 Å². The number of benzene rings is 1. The number of rotatable bonds is 4. The summed E-state index contributed by atoms with van der Waals surface area (Å²) in [6.45, 7) is 1.40. The molecule has 0 saturated carbocycles. The Hall–Kier alpha value is -2.46. The van der Waals surface area contributed by atoms with Crippen LogP contribution in [0.2, 0.25) is 0 Å². The number of esters is 2. The van der Waals surface area contributed by atoms with E-state index in [1.165, 1.54) is 44.4 Å². The maximum absolute atomic E-state index is 11.7. The molecule has 1 aromatic rings. The Labute approximate surface area is 103 Å². The lowest BCUT2D eigenvalue weighted by atomic mass is 10.2. The van der Waals surface area contributed by atoms with Crippen molar-refractivity contribution >= 4 is 23.7 Å². The number of hydrogen-bond acceptors (Lipinski definition) is 6. The Balaban J connectivity index is 2.81. The van der Waals surface area contributed by atoms with Crippen molar-refractivity contribution in [3.05, 3.63) is 29.8 Å². The van der Waals surface area contributed by atoms with Crippen molar-refractivity contribution < 1.29 is 23.9 Å². The summed E-state index contributed by atoms with van der Waals surface area (Å²) in [4.78, 5) is 36.2. The quantitative estimate of drug-likeness (QED) is 0.457. The van der Waals surface area contributed by atoms with Gasteiger partial charge in [-0.15, -0.1) is 0 Å². The molecule has 0 amide bonds. The van der Waals surface area contributed by atoms with Crippen LogP contribution in [0.25, 0.3) is 0 Å². The fourth-order valence-corrected chi connectivity index (χ4v) is 1.20. The average Bonchev–Trinajstić information content (AvgIpc) is 2.38. The molecule has 1 atom stereocenters. The summed E-state index contributed by atoms with van der Waals surface area (Å²) in [6, 6.07) is 5.91. The minimum absolute atomic E-state index is 0.183. The molecular weight excluding hydrogens is 238 g/mol. The lowest BCUT2D eigenvalue weighted by Crippen LogP contribution is -2.25. The molecule has 94 valence electrons. The number of hydrogen-bond donors (Lipinski definition) is 0. The number of ether oxygens (including phenoxy) is 2. The van der Waals surface area contributed by atoms with Crippen LogP contribution in [-0.2, 0) is 19.1 Å². The van der Waals surface area contributed by atoms with E-state index in [9.17, 15) is 14.4 Å². The highest BCUT2D eigenvalue weighted by molar-refractivity contribution is 5.92. The van der Waals surface area contributed by atoms with Crippen LogP contribution < -0.4 is 0 Å². The molecule has 0 fully saturated rings. The zero-order chi connectivity index (χ0) is 13.5. The van der Waals surface area contributed by atoms with Gasteiger partial charge in [0.15, 0.2) is 6.10 Å². The zero-order valence-electron chi connectivity index (χ0n) is 9.88. The maximum atomic E-state index is 11.7. The van der Waals surface area contributed by atoms with Crippen LogP contribution in [0.5, 0.6) is 0 Å². The minimum atomic E-state index is -0.999. The van der Waals surface area contributed by atoms with E-state index in [-0.39, 0.29) is 11.3 Å². The van der Waals surface area contributed by atoms with Crippen molar-refractivity contribution in [2.45, 2.75) is 13.0 Å². The molecule has 0 aromatic heterocycles. The van der Waals surface area contributed by atoms with E-state index in [4.69, 9.17) is 4.74 Å². The van der Waals surface area contributed by atoms with Crippen LogP contribution in [0.15, 0.2) is 29.3 Å². The summed E-state index contributed by atoms with van der Waals surface area (Å²) in [6.07, 6.45) is 0.368. The first-order valence-electron chi connectivity index (χ1n) is 5.05. The number of methoxy groups -OCH3 is 1. The second-order valence-corrected chi connectivity index (χ2v) is 3.32. The summed E-state index contributed by atoms with van der Waals surface area (Å²) in [5.41, 5.74) is 0.465. The molecule has 0 N–H and O–H groups in total. The first kappa shape index (κ1) is 13.6. The van der Waals surface area contributed by atoms with Gasteiger partial charge >= 0.3 is 11.9 Å². The zero-order valence-corrected chi connectivity index (χ0v) is 9.88. The molecule has 18 heavy (non-hydrogen) atoms. The topological polar surface area (TPSA) is 82.0 Å². The minimum Gasteiger partial charge on any atom is -0.466 e. The van der Waals surface area contributed by atoms with Crippen LogP contribution in [0, 0.1) is 0 Å². The predicted octanol–water partition coefficient (Wildman–Crippen LogP) is 1.37. The van der Waals surface area contributed by atoms with E-state index in [0.29, 0.717) is 0 Å². The Morgan fingerprint density at radius 1 is 1.39 bits per heavy atom. The highest BCUT2D eigenvalue weighted by Crippen LogP contribution is 2.14. The molecule has 0 bridgehead atoms. The highest BCUT2D eigenvalue weighted by Gasteiger charge is 2.19. The molecule has 6 heteroatoms. The molecule has 0 aliphatic heterocycles. The number of carbonyl (C=O) groups excluding carboxylic acids is 3. The summed E-state index contributed by atoms with van der Waals surface area (Å²) in [5, 5.41) is 0. The fraction of sp³-hybridized carbons (Fsp3) is 0.250. The van der Waals surface area contributed by atoms with Crippen molar-refractivity contribution in [2.75, 3.05) is 7.11 Å². The van der Waals surface area contributed by atoms with Gasteiger partial charge in [-0.25, -0.2) is 14.4 Å². The number of nitrogens with zero attached hydrogens (tertiary/aromatic N) is 1. The van der Waals surface area contributed by atoms with Gasteiger partial charge in [0.05, 0.1) is 18.4 Å². The summed E-state index contributed by atoms with van der Waals surface area (Å²) >= 11 is 0. The Bertz CT molecular complexity index is 505. The molecule has 1 aromatic carbocycles. The van der Waals surface area contributed by atoms with Gasteiger partial charge in [0.2, 0.25) is 6.08 Å². The van der Waals surface area contributed by atoms with Gasteiger partial charge in [0, 0.05) is 0 Å². The van der Waals surface area contributed by atoms with E-state index in [1.54, 1.807) is 0 Å². The highest BCUT2D eigenvalue weighted by atomic mass is 16.6. The first-order chi connectivity index (χ1) is 8.58. The average molecular weight is 249 g/mol. The van der Waals surface area contributed by atoms with Gasteiger partial charge in [0.1, 0.15) is 0 Å². The summed E-state index contributed by atoms with van der Waals surface area (Å²) in [5.74, 6) is -1.35. The second kappa shape index (κ2) is 6.32. The monoisotopic (exact) mass is 249 g/mol.